The van der Waals surface area contributed by atoms with E-state index in [1.807, 2.05) is 0 Å². The maximum atomic E-state index is 14.7. The minimum absolute atomic E-state index is 0.121. The summed E-state index contributed by atoms with van der Waals surface area (Å²) in [4.78, 5) is 39.0. The molecule has 2 N–H and O–H groups in total. The Balaban J connectivity index is 1.70. The first-order chi connectivity index (χ1) is 16.1. The lowest BCUT2D eigenvalue weighted by Crippen LogP contribution is -2.44. The molecule has 0 saturated carbocycles. The van der Waals surface area contributed by atoms with Gasteiger partial charge in [0, 0.05) is 25.0 Å². The van der Waals surface area contributed by atoms with E-state index in [0.717, 1.165) is 4.68 Å². The van der Waals surface area contributed by atoms with Gasteiger partial charge in [-0.3, -0.25) is 9.59 Å². The molecule has 3 aromatic rings. The fourth-order valence-corrected chi connectivity index (χ4v) is 3.59. The lowest BCUT2D eigenvalue weighted by Gasteiger charge is -2.30. The van der Waals surface area contributed by atoms with Gasteiger partial charge >= 0.3 is 6.03 Å². The van der Waals surface area contributed by atoms with Crippen molar-refractivity contribution in [1.82, 2.24) is 20.0 Å². The zero-order valence-corrected chi connectivity index (χ0v) is 18.6. The Hall–Kier alpha value is -4.34. The first-order valence-electron chi connectivity index (χ1n) is 10.3. The lowest BCUT2D eigenvalue weighted by atomic mass is 9.97. The van der Waals surface area contributed by atoms with Crippen molar-refractivity contribution in [3.05, 3.63) is 99.1 Å². The molecule has 2 aromatic carbocycles. The van der Waals surface area contributed by atoms with Crippen LogP contribution < -0.4 is 16.2 Å². The highest BCUT2D eigenvalue weighted by Gasteiger charge is 2.31. The molecule has 0 spiro atoms. The average Bonchev–Trinajstić information content (AvgIpc) is 2.78. The van der Waals surface area contributed by atoms with Gasteiger partial charge in [-0.25, -0.2) is 13.6 Å². The van der Waals surface area contributed by atoms with E-state index in [1.54, 1.807) is 13.8 Å². The van der Waals surface area contributed by atoms with Gasteiger partial charge < -0.3 is 15.5 Å². The molecular formula is C24H21F2N5O3. The third kappa shape index (κ3) is 4.42. The number of halogens is 2. The van der Waals surface area contributed by atoms with Gasteiger partial charge in [0.2, 0.25) is 0 Å². The number of urea groups is 1. The maximum Gasteiger partial charge on any atom is 0.321 e. The summed E-state index contributed by atoms with van der Waals surface area (Å²) in [6.07, 6.45) is 2.81. The highest BCUT2D eigenvalue weighted by atomic mass is 19.1. The summed E-state index contributed by atoms with van der Waals surface area (Å²) in [7, 11) is 1.49. The minimum atomic E-state index is -0.828. The lowest BCUT2D eigenvalue weighted by molar-refractivity contribution is -0.113. The van der Waals surface area contributed by atoms with Gasteiger partial charge in [0.25, 0.3) is 11.5 Å². The van der Waals surface area contributed by atoms with Crippen LogP contribution in [0.25, 0.3) is 5.69 Å². The molecule has 3 amide bonds. The van der Waals surface area contributed by atoms with Crippen molar-refractivity contribution in [3.63, 3.8) is 0 Å². The highest BCUT2D eigenvalue weighted by Crippen LogP contribution is 2.28. The standard InChI is InChI=1S/C24H21F2N5O3/c1-13-8-21(32)31(27-11-13)20-10-19(14(2)9-18(20)26)28-23(33)17-12-30(3)24(34)29-22(17)15-4-6-16(25)7-5-15/h4-12,22H,1-3H3,(H,28,33)(H,29,34). The number of carbonyl (C=O) groups excluding carboxylic acids is 2. The van der Waals surface area contributed by atoms with Crippen molar-refractivity contribution in [3.8, 4) is 5.69 Å². The molecule has 0 fully saturated rings. The number of nitrogens with one attached hydrogen (secondary N) is 2. The van der Waals surface area contributed by atoms with Crippen LogP contribution in [-0.4, -0.2) is 33.7 Å². The van der Waals surface area contributed by atoms with Crippen LogP contribution in [0.4, 0.5) is 19.3 Å². The van der Waals surface area contributed by atoms with E-state index in [9.17, 15) is 23.2 Å². The number of aromatic nitrogens is 2. The number of amides is 3. The van der Waals surface area contributed by atoms with Gasteiger partial charge in [-0.05, 0) is 54.8 Å². The predicted octanol–water partition coefficient (Wildman–Crippen LogP) is 3.35. The summed E-state index contributed by atoms with van der Waals surface area (Å²) in [5, 5.41) is 9.42. The van der Waals surface area contributed by atoms with Gasteiger partial charge in [0.15, 0.2) is 0 Å². The molecule has 1 aliphatic heterocycles. The predicted molar refractivity (Wildman–Crippen MR) is 121 cm³/mol. The van der Waals surface area contributed by atoms with E-state index in [1.165, 1.54) is 66.8 Å². The van der Waals surface area contributed by atoms with Crippen LogP contribution in [0.15, 0.2) is 65.2 Å². The number of hydrogen-bond donors (Lipinski definition) is 2. The highest BCUT2D eigenvalue weighted by molar-refractivity contribution is 6.06. The zero-order valence-electron chi connectivity index (χ0n) is 18.6. The molecule has 1 atom stereocenters. The summed E-state index contributed by atoms with van der Waals surface area (Å²) < 4.78 is 29.0. The number of carbonyl (C=O) groups is 2. The molecule has 10 heteroatoms. The number of aryl methyl sites for hydroxylation is 2. The quantitative estimate of drug-likeness (QED) is 0.618. The van der Waals surface area contributed by atoms with E-state index >= 15 is 0 Å². The summed E-state index contributed by atoms with van der Waals surface area (Å²) >= 11 is 0. The van der Waals surface area contributed by atoms with Crippen molar-refractivity contribution >= 4 is 17.6 Å². The van der Waals surface area contributed by atoms with Crippen molar-refractivity contribution in [2.45, 2.75) is 19.9 Å². The van der Waals surface area contributed by atoms with Crippen LogP contribution in [-0.2, 0) is 4.79 Å². The van der Waals surface area contributed by atoms with Gasteiger partial charge in [0.1, 0.15) is 17.3 Å². The zero-order chi connectivity index (χ0) is 24.6. The van der Waals surface area contributed by atoms with Crippen LogP contribution in [0.1, 0.15) is 22.7 Å². The van der Waals surface area contributed by atoms with Crippen molar-refractivity contribution in [1.29, 1.82) is 0 Å². The summed E-state index contributed by atoms with van der Waals surface area (Å²) in [6, 6.07) is 8.00. The van der Waals surface area contributed by atoms with Crippen LogP contribution in [0, 0.1) is 25.5 Å². The molecule has 34 heavy (non-hydrogen) atoms. The molecule has 1 aliphatic rings. The Morgan fingerprint density at radius 3 is 2.47 bits per heavy atom. The molecule has 0 aliphatic carbocycles. The topological polar surface area (TPSA) is 96.3 Å². The Kier molecular flexibility index (Phi) is 5.97. The van der Waals surface area contributed by atoms with Crippen LogP contribution in [0.2, 0.25) is 0 Å². The second-order valence-corrected chi connectivity index (χ2v) is 7.99. The first kappa shape index (κ1) is 22.8. The molecule has 4 rings (SSSR count). The third-order valence-electron chi connectivity index (χ3n) is 5.40. The minimum Gasteiger partial charge on any atom is -0.327 e. The van der Waals surface area contributed by atoms with Gasteiger partial charge in [-0.2, -0.15) is 9.78 Å². The first-order valence-corrected chi connectivity index (χ1v) is 10.3. The average molecular weight is 465 g/mol. The molecule has 2 heterocycles. The Morgan fingerprint density at radius 2 is 1.79 bits per heavy atom. The number of hydrogen-bond acceptors (Lipinski definition) is 4. The van der Waals surface area contributed by atoms with Crippen LogP contribution in [0.3, 0.4) is 0 Å². The van der Waals surface area contributed by atoms with Crippen molar-refractivity contribution < 1.29 is 18.4 Å². The second kappa shape index (κ2) is 8.89. The van der Waals surface area contributed by atoms with Crippen molar-refractivity contribution in [2.24, 2.45) is 0 Å². The normalized spacial score (nSPS) is 15.6. The number of nitrogens with zero attached hydrogens (tertiary/aromatic N) is 3. The maximum absolute atomic E-state index is 14.7. The van der Waals surface area contributed by atoms with Crippen molar-refractivity contribution in [2.75, 3.05) is 12.4 Å². The summed E-state index contributed by atoms with van der Waals surface area (Å²) in [6.45, 7) is 3.30. The van der Waals surface area contributed by atoms with E-state index in [0.29, 0.717) is 16.7 Å². The van der Waals surface area contributed by atoms with Gasteiger partial charge in [-0.1, -0.05) is 12.1 Å². The fraction of sp³-hybridized carbons (Fsp3) is 0.167. The second-order valence-electron chi connectivity index (χ2n) is 7.99. The monoisotopic (exact) mass is 465 g/mol. The SMILES string of the molecule is Cc1cnn(-c2cc(NC(=O)C3=CN(C)C(=O)NC3c3ccc(F)cc3)c(C)cc2F)c(=O)c1. The Labute approximate surface area is 193 Å². The number of benzene rings is 2. The van der Waals surface area contributed by atoms with E-state index in [2.05, 4.69) is 15.7 Å². The molecular weight excluding hydrogens is 444 g/mol. The van der Waals surface area contributed by atoms with E-state index < -0.39 is 35.2 Å². The van der Waals surface area contributed by atoms with Gasteiger partial charge in [0.05, 0.1) is 17.8 Å². The largest absolute Gasteiger partial charge is 0.327 e. The molecule has 0 radical (unpaired) electrons. The molecule has 1 unspecified atom stereocenters. The Bertz CT molecular complexity index is 1380. The smallest absolute Gasteiger partial charge is 0.321 e. The summed E-state index contributed by atoms with van der Waals surface area (Å²) in [5.74, 6) is -1.69. The molecule has 8 nitrogen and oxygen atoms in total. The summed E-state index contributed by atoms with van der Waals surface area (Å²) in [5.41, 5.74) is 1.36. The molecule has 1 aromatic heterocycles. The molecule has 0 saturated heterocycles. The van der Waals surface area contributed by atoms with Crippen LogP contribution in [0.5, 0.6) is 0 Å². The Morgan fingerprint density at radius 1 is 1.09 bits per heavy atom. The van der Waals surface area contributed by atoms with E-state index in [-0.39, 0.29) is 16.9 Å². The van der Waals surface area contributed by atoms with Gasteiger partial charge in [-0.15, -0.1) is 0 Å². The fourth-order valence-electron chi connectivity index (χ4n) is 3.59. The molecule has 0 bridgehead atoms. The number of anilines is 1. The number of rotatable bonds is 4. The molecule has 174 valence electrons. The third-order valence-corrected chi connectivity index (χ3v) is 5.40. The van der Waals surface area contributed by atoms with Crippen LogP contribution >= 0.6 is 0 Å². The van der Waals surface area contributed by atoms with E-state index in [4.69, 9.17) is 0 Å².